The third kappa shape index (κ3) is 3.66. The predicted molar refractivity (Wildman–Crippen MR) is 122 cm³/mol. The van der Waals surface area contributed by atoms with Crippen LogP contribution in [0.15, 0.2) is 103 Å². The molecule has 31 heavy (non-hydrogen) atoms. The fraction of sp³-hybridized carbons (Fsp3) is 0.148. The van der Waals surface area contributed by atoms with Gasteiger partial charge in [0.25, 0.3) is 0 Å². The van der Waals surface area contributed by atoms with Gasteiger partial charge in [0, 0.05) is 11.5 Å². The zero-order valence-electron chi connectivity index (χ0n) is 17.2. The van der Waals surface area contributed by atoms with Gasteiger partial charge in [0.1, 0.15) is 17.9 Å². The number of para-hydroxylation sites is 1. The number of hydrogen-bond donors (Lipinski definition) is 0. The molecule has 0 N–H and O–H groups in total. The number of ketones is 1. The maximum Gasteiger partial charge on any atom is 0.188 e. The van der Waals surface area contributed by atoms with Crippen molar-refractivity contribution in [1.29, 1.82) is 0 Å². The molecule has 3 aromatic carbocycles. The van der Waals surface area contributed by atoms with E-state index in [0.717, 1.165) is 22.6 Å². The van der Waals surface area contributed by atoms with E-state index in [0.29, 0.717) is 5.56 Å². The number of fused-ring (bicyclic) bond motifs is 1. The van der Waals surface area contributed by atoms with E-state index >= 15 is 0 Å². The van der Waals surface area contributed by atoms with Crippen LogP contribution in [0.2, 0.25) is 0 Å². The highest BCUT2D eigenvalue weighted by Crippen LogP contribution is 2.43. The van der Waals surface area contributed by atoms with Crippen LogP contribution in [0.25, 0.3) is 6.08 Å². The number of allylic oxidation sites excluding steroid dienone is 1. The SMILES string of the molecule is COc1ccc(C(=O)[C@@H]2[C@H]3/C(=C\c4ccccc4)C=C[C@H]3ON2c2ccccc2)cc1. The highest BCUT2D eigenvalue weighted by Gasteiger charge is 2.50. The maximum atomic E-state index is 13.8. The van der Waals surface area contributed by atoms with Gasteiger partial charge in [-0.1, -0.05) is 66.8 Å². The van der Waals surface area contributed by atoms with Crippen LogP contribution < -0.4 is 9.80 Å². The Morgan fingerprint density at radius 2 is 1.61 bits per heavy atom. The van der Waals surface area contributed by atoms with Crippen LogP contribution in [-0.2, 0) is 4.84 Å². The molecule has 1 aliphatic heterocycles. The molecule has 5 rings (SSSR count). The number of nitrogens with zero attached hydrogens (tertiary/aromatic N) is 1. The van der Waals surface area contributed by atoms with Gasteiger partial charge in [-0.3, -0.25) is 9.63 Å². The second kappa shape index (κ2) is 8.25. The van der Waals surface area contributed by atoms with Crippen LogP contribution in [0.3, 0.4) is 0 Å². The minimum atomic E-state index is -0.467. The average molecular weight is 409 g/mol. The predicted octanol–water partition coefficient (Wildman–Crippen LogP) is 5.34. The third-order valence-electron chi connectivity index (χ3n) is 5.83. The number of benzene rings is 3. The number of carbonyl (C=O) groups excluding carboxylic acids is 1. The number of methoxy groups -OCH3 is 1. The van der Waals surface area contributed by atoms with Crippen molar-refractivity contribution in [3.63, 3.8) is 0 Å². The van der Waals surface area contributed by atoms with Gasteiger partial charge in [0.2, 0.25) is 0 Å². The topological polar surface area (TPSA) is 38.8 Å². The summed E-state index contributed by atoms with van der Waals surface area (Å²) >= 11 is 0. The van der Waals surface area contributed by atoms with Gasteiger partial charge in [-0.2, -0.15) is 0 Å². The van der Waals surface area contributed by atoms with Crippen LogP contribution >= 0.6 is 0 Å². The highest BCUT2D eigenvalue weighted by atomic mass is 16.7. The minimum Gasteiger partial charge on any atom is -0.497 e. The van der Waals surface area contributed by atoms with E-state index in [1.165, 1.54) is 0 Å². The number of rotatable bonds is 5. The molecule has 0 radical (unpaired) electrons. The van der Waals surface area contributed by atoms with Gasteiger partial charge in [-0.15, -0.1) is 0 Å². The van der Waals surface area contributed by atoms with E-state index in [4.69, 9.17) is 9.57 Å². The number of hydrogen-bond acceptors (Lipinski definition) is 4. The molecule has 0 spiro atoms. The summed E-state index contributed by atoms with van der Waals surface area (Å²) in [5.41, 5.74) is 3.72. The Labute approximate surface area is 182 Å². The Balaban J connectivity index is 1.55. The molecule has 4 heteroatoms. The molecule has 3 aromatic rings. The fourth-order valence-electron chi connectivity index (χ4n) is 4.31. The van der Waals surface area contributed by atoms with Crippen molar-refractivity contribution >= 4 is 17.5 Å². The minimum absolute atomic E-state index is 0.0293. The first-order valence-corrected chi connectivity index (χ1v) is 10.4. The normalized spacial score (nSPS) is 23.2. The molecular weight excluding hydrogens is 386 g/mol. The molecule has 1 saturated heterocycles. The second-order valence-electron chi connectivity index (χ2n) is 7.71. The second-order valence-corrected chi connectivity index (χ2v) is 7.71. The molecule has 1 fully saturated rings. The molecule has 1 heterocycles. The van der Waals surface area contributed by atoms with Crippen molar-refractivity contribution in [1.82, 2.24) is 0 Å². The lowest BCUT2D eigenvalue weighted by atomic mass is 9.86. The van der Waals surface area contributed by atoms with E-state index in [1.54, 1.807) is 12.2 Å². The average Bonchev–Trinajstić information content (AvgIpc) is 3.40. The van der Waals surface area contributed by atoms with Crippen LogP contribution in [0.5, 0.6) is 5.75 Å². The van der Waals surface area contributed by atoms with Gasteiger partial charge in [-0.05, 0) is 47.5 Å². The van der Waals surface area contributed by atoms with Gasteiger partial charge >= 0.3 is 0 Å². The lowest BCUT2D eigenvalue weighted by Gasteiger charge is -2.26. The van der Waals surface area contributed by atoms with E-state index < -0.39 is 6.04 Å². The molecule has 154 valence electrons. The Morgan fingerprint density at radius 1 is 0.935 bits per heavy atom. The van der Waals surface area contributed by atoms with Crippen LogP contribution in [0.4, 0.5) is 5.69 Å². The van der Waals surface area contributed by atoms with Crippen LogP contribution in [-0.4, -0.2) is 25.0 Å². The van der Waals surface area contributed by atoms with E-state index in [9.17, 15) is 4.79 Å². The molecule has 0 amide bonds. The summed E-state index contributed by atoms with van der Waals surface area (Å²) in [5.74, 6) is 0.667. The number of ether oxygens (including phenoxy) is 1. The number of carbonyl (C=O) groups is 1. The van der Waals surface area contributed by atoms with Gasteiger partial charge in [0.15, 0.2) is 5.78 Å². The van der Waals surface area contributed by atoms with Gasteiger partial charge in [-0.25, -0.2) is 5.06 Å². The van der Waals surface area contributed by atoms with E-state index in [1.807, 2.05) is 72.8 Å². The lowest BCUT2D eigenvalue weighted by molar-refractivity contribution is 0.0885. The van der Waals surface area contributed by atoms with Crippen molar-refractivity contribution < 1.29 is 14.4 Å². The largest absolute Gasteiger partial charge is 0.497 e. The molecule has 4 nitrogen and oxygen atoms in total. The lowest BCUT2D eigenvalue weighted by Crippen LogP contribution is -2.40. The summed E-state index contributed by atoms with van der Waals surface area (Å²) in [6.45, 7) is 0. The smallest absolute Gasteiger partial charge is 0.188 e. The summed E-state index contributed by atoms with van der Waals surface area (Å²) in [6.07, 6.45) is 6.10. The van der Waals surface area contributed by atoms with Crippen molar-refractivity contribution in [2.75, 3.05) is 12.2 Å². The quantitative estimate of drug-likeness (QED) is 0.534. The molecule has 3 atom stereocenters. The Hall–Kier alpha value is -3.63. The first-order chi connectivity index (χ1) is 15.2. The standard InChI is InChI=1S/C27H23NO3/c1-30-23-15-12-20(13-16-23)27(29)26-25-21(18-19-8-4-2-5-9-19)14-17-24(25)31-28(26)22-10-6-3-7-11-22/h2-18,24-26H,1H3/b21-18-/t24-,25+,26+/m1/s1. The van der Waals surface area contributed by atoms with E-state index in [-0.39, 0.29) is 17.8 Å². The summed E-state index contributed by atoms with van der Waals surface area (Å²) < 4.78 is 5.25. The summed E-state index contributed by atoms with van der Waals surface area (Å²) in [7, 11) is 1.62. The number of Topliss-reactive ketones (excluding diaryl/α,β-unsaturated/α-hetero) is 1. The third-order valence-corrected chi connectivity index (χ3v) is 5.83. The van der Waals surface area contributed by atoms with Crippen molar-refractivity contribution in [3.8, 4) is 5.75 Å². The summed E-state index contributed by atoms with van der Waals surface area (Å²) in [4.78, 5) is 20.1. The van der Waals surface area contributed by atoms with Crippen molar-refractivity contribution in [2.45, 2.75) is 12.1 Å². The zero-order valence-corrected chi connectivity index (χ0v) is 17.2. The molecule has 0 aromatic heterocycles. The fourth-order valence-corrected chi connectivity index (χ4v) is 4.31. The first-order valence-electron chi connectivity index (χ1n) is 10.4. The molecule has 0 saturated carbocycles. The van der Waals surface area contributed by atoms with Crippen LogP contribution in [0.1, 0.15) is 15.9 Å². The van der Waals surface area contributed by atoms with Gasteiger partial charge < -0.3 is 4.74 Å². The number of hydroxylamine groups is 1. The molecule has 0 bridgehead atoms. The van der Waals surface area contributed by atoms with Gasteiger partial charge in [0.05, 0.1) is 12.8 Å². The Bertz CT molecular complexity index is 1120. The zero-order chi connectivity index (χ0) is 21.2. The molecular formula is C27H23NO3. The van der Waals surface area contributed by atoms with Crippen molar-refractivity contribution in [2.24, 2.45) is 5.92 Å². The number of anilines is 1. The Morgan fingerprint density at radius 3 is 2.29 bits per heavy atom. The summed E-state index contributed by atoms with van der Waals surface area (Å²) in [6, 6.07) is 26.8. The molecule has 0 unspecified atom stereocenters. The first kappa shape index (κ1) is 19.3. The molecule has 1 aliphatic carbocycles. The Kier molecular flexibility index (Phi) is 5.14. The molecule has 2 aliphatic rings. The van der Waals surface area contributed by atoms with Crippen molar-refractivity contribution in [3.05, 3.63) is 114 Å². The highest BCUT2D eigenvalue weighted by molar-refractivity contribution is 6.03. The monoisotopic (exact) mass is 409 g/mol. The van der Waals surface area contributed by atoms with E-state index in [2.05, 4.69) is 30.4 Å². The summed E-state index contributed by atoms with van der Waals surface area (Å²) in [5, 5.41) is 1.78. The maximum absolute atomic E-state index is 13.8. The van der Waals surface area contributed by atoms with Crippen LogP contribution in [0, 0.1) is 5.92 Å².